The van der Waals surface area contributed by atoms with E-state index in [0.29, 0.717) is 13.0 Å². The molecule has 1 saturated heterocycles. The van der Waals surface area contributed by atoms with Crippen LogP contribution in [-0.4, -0.2) is 36.5 Å². The van der Waals surface area contributed by atoms with Crippen molar-refractivity contribution in [2.45, 2.75) is 38.6 Å². The molecule has 0 saturated carbocycles. The first-order valence-electron chi connectivity index (χ1n) is 7.62. The molecule has 0 atom stereocenters. The van der Waals surface area contributed by atoms with Crippen molar-refractivity contribution in [2.24, 2.45) is 0 Å². The van der Waals surface area contributed by atoms with Gasteiger partial charge in [0.1, 0.15) is 0 Å². The van der Waals surface area contributed by atoms with E-state index >= 15 is 0 Å². The Bertz CT molecular complexity index is 513. The Morgan fingerprint density at radius 3 is 2.76 bits per heavy atom. The Labute approximate surface area is 126 Å². The molecule has 0 aliphatic carbocycles. The molecule has 1 amide bonds. The van der Waals surface area contributed by atoms with E-state index in [1.165, 1.54) is 11.1 Å². The van der Waals surface area contributed by atoms with Crippen molar-refractivity contribution < 1.29 is 4.79 Å². The summed E-state index contributed by atoms with van der Waals surface area (Å²) in [6, 6.07) is 10.7. The van der Waals surface area contributed by atoms with Gasteiger partial charge in [-0.2, -0.15) is 5.26 Å². The van der Waals surface area contributed by atoms with Crippen LogP contribution in [0.4, 0.5) is 0 Å². The largest absolute Gasteiger partial charge is 0.353 e. The van der Waals surface area contributed by atoms with Gasteiger partial charge in [-0.3, -0.25) is 9.69 Å². The highest BCUT2D eigenvalue weighted by Gasteiger charge is 2.20. The third kappa shape index (κ3) is 4.87. The molecular formula is C17H23N3O. The molecule has 112 valence electrons. The number of likely N-dealkylation sites (tertiary alicyclic amines) is 1. The van der Waals surface area contributed by atoms with E-state index in [-0.39, 0.29) is 11.9 Å². The first kappa shape index (κ1) is 15.5. The summed E-state index contributed by atoms with van der Waals surface area (Å²) in [4.78, 5) is 14.2. The van der Waals surface area contributed by atoms with Gasteiger partial charge < -0.3 is 5.32 Å². The molecule has 0 aromatic heterocycles. The van der Waals surface area contributed by atoms with Crippen molar-refractivity contribution in [2.75, 3.05) is 19.6 Å². The van der Waals surface area contributed by atoms with Gasteiger partial charge in [-0.15, -0.1) is 0 Å². The van der Waals surface area contributed by atoms with E-state index < -0.39 is 0 Å². The predicted octanol–water partition coefficient (Wildman–Crippen LogP) is 2.03. The van der Waals surface area contributed by atoms with Crippen LogP contribution >= 0.6 is 0 Å². The first-order valence-corrected chi connectivity index (χ1v) is 7.62. The van der Waals surface area contributed by atoms with Crippen molar-refractivity contribution in [1.82, 2.24) is 10.2 Å². The maximum Gasteiger partial charge on any atom is 0.220 e. The van der Waals surface area contributed by atoms with Crippen LogP contribution in [0.2, 0.25) is 0 Å². The van der Waals surface area contributed by atoms with Crippen molar-refractivity contribution >= 4 is 5.91 Å². The third-order valence-electron chi connectivity index (χ3n) is 4.13. The van der Waals surface area contributed by atoms with E-state index in [4.69, 9.17) is 5.26 Å². The summed E-state index contributed by atoms with van der Waals surface area (Å²) in [6.07, 6.45) is 3.23. The van der Waals surface area contributed by atoms with Gasteiger partial charge in [-0.05, 0) is 37.3 Å². The summed E-state index contributed by atoms with van der Waals surface area (Å²) in [6.45, 7) is 4.37. The summed E-state index contributed by atoms with van der Waals surface area (Å²) < 4.78 is 0. The molecule has 1 heterocycles. The molecule has 0 spiro atoms. The molecule has 2 rings (SSSR count). The molecule has 1 fully saturated rings. The number of carbonyl (C=O) groups is 1. The van der Waals surface area contributed by atoms with Gasteiger partial charge in [0.15, 0.2) is 0 Å². The van der Waals surface area contributed by atoms with Crippen molar-refractivity contribution in [3.63, 3.8) is 0 Å². The molecule has 4 nitrogen and oxygen atoms in total. The van der Waals surface area contributed by atoms with Crippen LogP contribution < -0.4 is 5.32 Å². The lowest BCUT2D eigenvalue weighted by atomic mass is 10.0. The number of piperidine rings is 1. The highest BCUT2D eigenvalue weighted by Crippen LogP contribution is 2.12. The third-order valence-corrected chi connectivity index (χ3v) is 4.13. The summed E-state index contributed by atoms with van der Waals surface area (Å²) in [5.41, 5.74) is 2.49. The Morgan fingerprint density at radius 2 is 2.10 bits per heavy atom. The Kier molecular flexibility index (Phi) is 5.77. The summed E-state index contributed by atoms with van der Waals surface area (Å²) >= 11 is 0. The Balaban J connectivity index is 1.71. The van der Waals surface area contributed by atoms with Gasteiger partial charge in [-0.25, -0.2) is 0 Å². The van der Waals surface area contributed by atoms with Crippen LogP contribution in [0, 0.1) is 18.3 Å². The summed E-state index contributed by atoms with van der Waals surface area (Å²) in [7, 11) is 0. The van der Waals surface area contributed by atoms with Gasteiger partial charge in [0, 0.05) is 25.6 Å². The number of carbonyl (C=O) groups excluding carboxylic acids is 1. The van der Waals surface area contributed by atoms with E-state index in [9.17, 15) is 4.79 Å². The van der Waals surface area contributed by atoms with Crippen LogP contribution in [0.3, 0.4) is 0 Å². The minimum absolute atomic E-state index is 0.136. The van der Waals surface area contributed by atoms with Crippen molar-refractivity contribution in [1.29, 1.82) is 5.26 Å². The van der Waals surface area contributed by atoms with E-state index in [2.05, 4.69) is 35.3 Å². The monoisotopic (exact) mass is 285 g/mol. The molecule has 1 N–H and O–H groups in total. The average molecular weight is 285 g/mol. The number of hydrogen-bond donors (Lipinski definition) is 1. The quantitative estimate of drug-likeness (QED) is 0.842. The predicted molar refractivity (Wildman–Crippen MR) is 82.7 cm³/mol. The first-order chi connectivity index (χ1) is 10.2. The molecule has 4 heteroatoms. The lowest BCUT2D eigenvalue weighted by Crippen LogP contribution is -2.44. The molecule has 1 aliphatic rings. The Hall–Kier alpha value is -1.86. The number of amides is 1. The van der Waals surface area contributed by atoms with E-state index in [1.807, 2.05) is 12.1 Å². The lowest BCUT2D eigenvalue weighted by molar-refractivity contribution is -0.122. The van der Waals surface area contributed by atoms with Gasteiger partial charge >= 0.3 is 0 Å². The highest BCUT2D eigenvalue weighted by atomic mass is 16.1. The van der Waals surface area contributed by atoms with E-state index in [0.717, 1.165) is 32.4 Å². The fraction of sp³-hybridized carbons (Fsp3) is 0.529. The van der Waals surface area contributed by atoms with Crippen molar-refractivity contribution in [3.05, 3.63) is 35.4 Å². The number of nitrogens with one attached hydrogen (secondary N) is 1. The smallest absolute Gasteiger partial charge is 0.220 e. The zero-order valence-corrected chi connectivity index (χ0v) is 12.6. The highest BCUT2D eigenvalue weighted by molar-refractivity contribution is 5.76. The number of hydrogen-bond acceptors (Lipinski definition) is 3. The van der Waals surface area contributed by atoms with Crippen LogP contribution in [-0.2, 0) is 11.2 Å². The van der Waals surface area contributed by atoms with Crippen LogP contribution in [0.5, 0.6) is 0 Å². The van der Waals surface area contributed by atoms with Gasteiger partial charge in [0.05, 0.1) is 12.6 Å². The second-order valence-corrected chi connectivity index (χ2v) is 5.70. The number of nitriles is 1. The van der Waals surface area contributed by atoms with Crippen LogP contribution in [0.15, 0.2) is 24.3 Å². The number of aryl methyl sites for hydroxylation is 2. The zero-order valence-electron chi connectivity index (χ0n) is 12.6. The summed E-state index contributed by atoms with van der Waals surface area (Å²) in [5, 5.41) is 11.8. The normalized spacial score (nSPS) is 16.4. The summed E-state index contributed by atoms with van der Waals surface area (Å²) in [5.74, 6) is 0.136. The Morgan fingerprint density at radius 1 is 1.38 bits per heavy atom. The molecule has 21 heavy (non-hydrogen) atoms. The fourth-order valence-electron chi connectivity index (χ4n) is 2.77. The van der Waals surface area contributed by atoms with Crippen LogP contribution in [0.25, 0.3) is 0 Å². The maximum atomic E-state index is 12.0. The molecule has 0 bridgehead atoms. The number of benzene rings is 1. The molecule has 1 aliphatic heterocycles. The van der Waals surface area contributed by atoms with Crippen molar-refractivity contribution in [3.8, 4) is 6.07 Å². The van der Waals surface area contributed by atoms with E-state index in [1.54, 1.807) is 0 Å². The topological polar surface area (TPSA) is 56.1 Å². The van der Waals surface area contributed by atoms with Crippen LogP contribution in [0.1, 0.15) is 30.4 Å². The molecule has 0 unspecified atom stereocenters. The second kappa shape index (κ2) is 7.80. The maximum absolute atomic E-state index is 12.0. The van der Waals surface area contributed by atoms with Gasteiger partial charge in [0.25, 0.3) is 0 Å². The number of rotatable bonds is 5. The minimum atomic E-state index is 0.136. The number of nitrogens with zero attached hydrogens (tertiary/aromatic N) is 2. The molecule has 1 aromatic carbocycles. The minimum Gasteiger partial charge on any atom is -0.353 e. The molecule has 1 aromatic rings. The molecule has 0 radical (unpaired) electrons. The second-order valence-electron chi connectivity index (χ2n) is 5.70. The van der Waals surface area contributed by atoms with Gasteiger partial charge in [0.2, 0.25) is 5.91 Å². The molecular weight excluding hydrogens is 262 g/mol. The fourth-order valence-corrected chi connectivity index (χ4v) is 2.77. The SMILES string of the molecule is Cc1ccccc1CCC(=O)NC1CCN(CC#N)CC1. The van der Waals surface area contributed by atoms with Gasteiger partial charge in [-0.1, -0.05) is 24.3 Å². The average Bonchev–Trinajstić information content (AvgIpc) is 2.49. The zero-order chi connectivity index (χ0) is 15.1. The standard InChI is InChI=1S/C17H23N3O/c1-14-4-2-3-5-15(14)6-7-17(21)19-16-8-11-20(12-9-16)13-10-18/h2-5,16H,6-9,11-13H2,1H3,(H,19,21). The lowest BCUT2D eigenvalue weighted by Gasteiger charge is -2.30.